The first-order valence-corrected chi connectivity index (χ1v) is 8.99. The quantitative estimate of drug-likeness (QED) is 0.885. The SMILES string of the molecule is CC1CCC(C(N)=O)CN1S(=O)(=O)c1sccc1Br. The molecule has 0 spiro atoms. The molecular formula is C11H15BrN2O3S2. The normalized spacial score (nSPS) is 25.4. The van der Waals surface area contributed by atoms with E-state index in [2.05, 4.69) is 15.9 Å². The van der Waals surface area contributed by atoms with Gasteiger partial charge in [0.2, 0.25) is 5.91 Å². The smallest absolute Gasteiger partial charge is 0.253 e. The van der Waals surface area contributed by atoms with Crippen molar-refractivity contribution in [2.24, 2.45) is 11.7 Å². The lowest BCUT2D eigenvalue weighted by molar-refractivity contribution is -0.123. The van der Waals surface area contributed by atoms with Crippen LogP contribution in [-0.2, 0) is 14.8 Å². The molecule has 0 bridgehead atoms. The van der Waals surface area contributed by atoms with E-state index in [1.807, 2.05) is 6.92 Å². The van der Waals surface area contributed by atoms with Gasteiger partial charge >= 0.3 is 0 Å². The summed E-state index contributed by atoms with van der Waals surface area (Å²) in [5.74, 6) is -0.831. The first-order valence-electron chi connectivity index (χ1n) is 5.88. The maximum atomic E-state index is 12.6. The van der Waals surface area contributed by atoms with Crippen molar-refractivity contribution >= 4 is 43.2 Å². The fraction of sp³-hybridized carbons (Fsp3) is 0.545. The molecule has 0 radical (unpaired) electrons. The molecule has 0 aliphatic carbocycles. The number of amides is 1. The second-order valence-electron chi connectivity index (χ2n) is 4.66. The molecule has 1 saturated heterocycles. The van der Waals surface area contributed by atoms with Crippen LogP contribution in [0.3, 0.4) is 0 Å². The number of carbonyl (C=O) groups excluding carboxylic acids is 1. The summed E-state index contributed by atoms with van der Waals surface area (Å²) in [6, 6.07) is 1.59. The van der Waals surface area contributed by atoms with Crippen LogP contribution < -0.4 is 5.73 Å². The number of primary amides is 1. The molecule has 1 fully saturated rings. The Kier molecular flexibility index (Phi) is 4.34. The van der Waals surface area contributed by atoms with Gasteiger partial charge in [-0.05, 0) is 47.1 Å². The highest BCUT2D eigenvalue weighted by Crippen LogP contribution is 2.34. The predicted molar refractivity (Wildman–Crippen MR) is 77.3 cm³/mol. The highest BCUT2D eigenvalue weighted by Gasteiger charge is 2.38. The third-order valence-corrected chi connectivity index (χ3v) is 7.98. The second-order valence-corrected chi connectivity index (χ2v) is 8.51. The predicted octanol–water partition coefficient (Wildman–Crippen LogP) is 1.79. The summed E-state index contributed by atoms with van der Waals surface area (Å²) in [5, 5.41) is 1.72. The van der Waals surface area contributed by atoms with Gasteiger partial charge in [0.05, 0.1) is 5.92 Å². The maximum absolute atomic E-state index is 12.6. The molecule has 1 aliphatic heterocycles. The highest BCUT2D eigenvalue weighted by molar-refractivity contribution is 9.10. The number of nitrogens with two attached hydrogens (primary N) is 1. The number of hydrogen-bond acceptors (Lipinski definition) is 4. The zero-order valence-corrected chi connectivity index (χ0v) is 13.6. The number of sulfonamides is 1. The number of nitrogens with zero attached hydrogens (tertiary/aromatic N) is 1. The van der Waals surface area contributed by atoms with E-state index in [4.69, 9.17) is 5.73 Å². The number of carbonyl (C=O) groups is 1. The Morgan fingerprint density at radius 1 is 1.53 bits per heavy atom. The molecule has 2 heterocycles. The molecular weight excluding hydrogens is 352 g/mol. The molecule has 2 unspecified atom stereocenters. The van der Waals surface area contributed by atoms with Crippen molar-refractivity contribution in [1.29, 1.82) is 0 Å². The van der Waals surface area contributed by atoms with Crippen LogP contribution in [-0.4, -0.2) is 31.2 Å². The summed E-state index contributed by atoms with van der Waals surface area (Å²) in [7, 11) is -3.57. The van der Waals surface area contributed by atoms with Gasteiger partial charge in [0.1, 0.15) is 4.21 Å². The van der Waals surface area contributed by atoms with Gasteiger partial charge in [-0.3, -0.25) is 4.79 Å². The van der Waals surface area contributed by atoms with Gasteiger partial charge in [-0.25, -0.2) is 8.42 Å². The van der Waals surface area contributed by atoms with Crippen molar-refractivity contribution in [1.82, 2.24) is 4.31 Å². The monoisotopic (exact) mass is 366 g/mol. The number of rotatable bonds is 3. The van der Waals surface area contributed by atoms with Crippen LogP contribution in [0.5, 0.6) is 0 Å². The number of hydrogen-bond donors (Lipinski definition) is 1. The fourth-order valence-corrected chi connectivity index (χ4v) is 6.35. The van der Waals surface area contributed by atoms with Crippen molar-refractivity contribution in [3.63, 3.8) is 0 Å². The molecule has 19 heavy (non-hydrogen) atoms. The van der Waals surface area contributed by atoms with Crippen molar-refractivity contribution < 1.29 is 13.2 Å². The van der Waals surface area contributed by atoms with Crippen LogP contribution in [0, 0.1) is 5.92 Å². The third-order valence-electron chi connectivity index (χ3n) is 3.35. The average molecular weight is 367 g/mol. The van der Waals surface area contributed by atoms with Crippen LogP contribution in [0.1, 0.15) is 19.8 Å². The molecule has 2 rings (SSSR count). The van der Waals surface area contributed by atoms with Crippen molar-refractivity contribution in [2.75, 3.05) is 6.54 Å². The van der Waals surface area contributed by atoms with Gasteiger partial charge in [-0.15, -0.1) is 11.3 Å². The van der Waals surface area contributed by atoms with Crippen LogP contribution >= 0.6 is 27.3 Å². The average Bonchev–Trinajstić information content (AvgIpc) is 2.76. The second kappa shape index (κ2) is 5.51. The molecule has 8 heteroatoms. The molecule has 5 nitrogen and oxygen atoms in total. The molecule has 1 aromatic heterocycles. The van der Waals surface area contributed by atoms with Crippen LogP contribution in [0.15, 0.2) is 20.1 Å². The largest absolute Gasteiger partial charge is 0.369 e. The van der Waals surface area contributed by atoms with Gasteiger partial charge in [0.15, 0.2) is 0 Å². The van der Waals surface area contributed by atoms with Crippen LogP contribution in [0.4, 0.5) is 0 Å². The Labute approximate surface area is 125 Å². The molecule has 1 aromatic rings. The molecule has 1 amide bonds. The van der Waals surface area contributed by atoms with Gasteiger partial charge in [0.25, 0.3) is 10.0 Å². The third kappa shape index (κ3) is 2.86. The topological polar surface area (TPSA) is 80.5 Å². The molecule has 1 aliphatic rings. The number of halogens is 1. The lowest BCUT2D eigenvalue weighted by Gasteiger charge is -2.35. The van der Waals surface area contributed by atoms with E-state index >= 15 is 0 Å². The maximum Gasteiger partial charge on any atom is 0.253 e. The van der Waals surface area contributed by atoms with Gasteiger partial charge in [-0.2, -0.15) is 4.31 Å². The lowest BCUT2D eigenvalue weighted by atomic mass is 9.95. The Morgan fingerprint density at radius 3 is 2.74 bits per heavy atom. The van der Waals surface area contributed by atoms with E-state index in [1.54, 1.807) is 11.4 Å². The van der Waals surface area contributed by atoms with Crippen molar-refractivity contribution in [2.45, 2.75) is 30.0 Å². The summed E-state index contributed by atoms with van der Waals surface area (Å²) < 4.78 is 27.4. The van der Waals surface area contributed by atoms with E-state index in [-0.39, 0.29) is 16.8 Å². The summed E-state index contributed by atoms with van der Waals surface area (Å²) in [6.45, 7) is 2.03. The minimum absolute atomic E-state index is 0.116. The van der Waals surface area contributed by atoms with E-state index in [9.17, 15) is 13.2 Å². The van der Waals surface area contributed by atoms with E-state index in [0.29, 0.717) is 17.3 Å². The van der Waals surface area contributed by atoms with Crippen molar-refractivity contribution in [3.8, 4) is 0 Å². The summed E-state index contributed by atoms with van der Waals surface area (Å²) in [5.41, 5.74) is 5.30. The van der Waals surface area contributed by atoms with E-state index in [0.717, 1.165) is 0 Å². The number of thiophene rings is 1. The van der Waals surface area contributed by atoms with Crippen LogP contribution in [0.2, 0.25) is 0 Å². The van der Waals surface area contributed by atoms with E-state index in [1.165, 1.54) is 15.6 Å². The first-order chi connectivity index (χ1) is 8.84. The standard InChI is InChI=1S/C11H15BrN2O3S2/c1-7-2-3-8(10(13)15)6-14(7)19(16,17)11-9(12)4-5-18-11/h4-5,7-8H,2-3,6H2,1H3,(H2,13,15). The Hall–Kier alpha value is -0.440. The van der Waals surface area contributed by atoms with Gasteiger partial charge in [-0.1, -0.05) is 0 Å². The number of piperidine rings is 1. The zero-order chi connectivity index (χ0) is 14.2. The molecule has 0 aromatic carbocycles. The Morgan fingerprint density at radius 2 is 2.21 bits per heavy atom. The minimum atomic E-state index is -3.57. The fourth-order valence-electron chi connectivity index (χ4n) is 2.21. The lowest BCUT2D eigenvalue weighted by Crippen LogP contribution is -2.48. The molecule has 0 saturated carbocycles. The molecule has 2 N–H and O–H groups in total. The summed E-state index contributed by atoms with van der Waals surface area (Å²) in [6.07, 6.45) is 1.30. The van der Waals surface area contributed by atoms with Gasteiger partial charge < -0.3 is 5.73 Å². The highest BCUT2D eigenvalue weighted by atomic mass is 79.9. The zero-order valence-electron chi connectivity index (χ0n) is 10.4. The van der Waals surface area contributed by atoms with Crippen LogP contribution in [0.25, 0.3) is 0 Å². The first kappa shape index (κ1) is 15.0. The Bertz CT molecular complexity index is 585. The minimum Gasteiger partial charge on any atom is -0.369 e. The van der Waals surface area contributed by atoms with Crippen molar-refractivity contribution in [3.05, 3.63) is 15.9 Å². The summed E-state index contributed by atoms with van der Waals surface area (Å²) >= 11 is 4.41. The molecule has 2 atom stereocenters. The summed E-state index contributed by atoms with van der Waals surface area (Å²) in [4.78, 5) is 11.3. The Balaban J connectivity index is 2.33. The molecule has 106 valence electrons. The van der Waals surface area contributed by atoms with Gasteiger partial charge in [0, 0.05) is 17.1 Å². The van der Waals surface area contributed by atoms with E-state index < -0.39 is 21.8 Å².